The maximum Gasteiger partial charge on any atom is 0.408 e. The predicted octanol–water partition coefficient (Wildman–Crippen LogP) is 7.62. The number of nitrogens with zero attached hydrogens (tertiary/aromatic N) is 2. The molecule has 232 valence electrons. The molecule has 0 unspecified atom stereocenters. The first-order valence-corrected chi connectivity index (χ1v) is 14.9. The Kier molecular flexibility index (Phi) is 19.8. The number of nitro benzene ring substituents is 1. The highest BCUT2D eigenvalue weighted by Crippen LogP contribution is 2.19. The normalized spacial score (nSPS) is 10.7. The van der Waals surface area contributed by atoms with Crippen molar-refractivity contribution in [3.8, 4) is 0 Å². The Labute approximate surface area is 253 Å². The number of nitro groups is 1. The molecule has 1 atom stereocenters. The number of aryl methyl sites for hydroxylation is 2. The molecular weight excluding hydrogens is 559 g/mol. The molecule has 0 radical (unpaired) electrons. The lowest BCUT2D eigenvalue weighted by Crippen LogP contribution is -2.41. The van der Waals surface area contributed by atoms with Gasteiger partial charge in [-0.1, -0.05) is 82.6 Å². The van der Waals surface area contributed by atoms with Gasteiger partial charge in [-0.2, -0.15) is 0 Å². The smallest absolute Gasteiger partial charge is 0.408 e. The van der Waals surface area contributed by atoms with Crippen LogP contribution in [0.5, 0.6) is 0 Å². The summed E-state index contributed by atoms with van der Waals surface area (Å²) in [7, 11) is 0. The van der Waals surface area contributed by atoms with Crippen LogP contribution < -0.4 is 10.6 Å². The van der Waals surface area contributed by atoms with Gasteiger partial charge in [0.25, 0.3) is 5.69 Å². The second-order valence-corrected chi connectivity index (χ2v) is 10.4. The van der Waals surface area contributed by atoms with Gasteiger partial charge in [-0.25, -0.2) is 14.2 Å². The predicted molar refractivity (Wildman–Crippen MR) is 167 cm³/mol. The molecule has 11 heteroatoms. The molecule has 0 saturated carbocycles. The number of halogens is 1. The van der Waals surface area contributed by atoms with Crippen LogP contribution in [0.2, 0.25) is 0 Å². The number of benzene rings is 2. The van der Waals surface area contributed by atoms with Crippen LogP contribution in [-0.2, 0) is 22.4 Å². The molecule has 3 aromatic rings. The summed E-state index contributed by atoms with van der Waals surface area (Å²) in [4.78, 5) is 37.0. The van der Waals surface area contributed by atoms with Crippen molar-refractivity contribution in [2.75, 3.05) is 13.2 Å². The van der Waals surface area contributed by atoms with Crippen LogP contribution in [0.1, 0.15) is 77.2 Å². The highest BCUT2D eigenvalue weighted by molar-refractivity contribution is 7.09. The average Bonchev–Trinajstić information content (AvgIpc) is 3.46. The van der Waals surface area contributed by atoms with Gasteiger partial charge < -0.3 is 15.4 Å². The zero-order chi connectivity index (χ0) is 32.0. The van der Waals surface area contributed by atoms with Gasteiger partial charge in [-0.3, -0.25) is 14.9 Å². The number of carbonyl (C=O) groups is 2. The van der Waals surface area contributed by atoms with Crippen molar-refractivity contribution < 1.29 is 23.6 Å². The summed E-state index contributed by atoms with van der Waals surface area (Å²) < 4.78 is 18.1. The first-order chi connectivity index (χ1) is 20.0. The standard InChI is InChI=1S/C14H22FN3O3S.C9H12.C6H5NO2.C2H6/c1-5-9-8-22-12(17-9)10(6-15)18-11(19)7-16-13(20)21-14(2,3)4;1-2-6-9-7-4-3-5-8-9;8-7(9)6-4-2-1-3-5-6;1-2/h8,10H,5-7H2,1-4H3,(H,16,20)(H,18,19);3-5,7-8H,2,6H2,1H3;1-5H;1-2H3/t10-;;;/m0.../s1. The molecule has 0 bridgehead atoms. The molecule has 0 aliphatic heterocycles. The second-order valence-electron chi connectivity index (χ2n) is 9.49. The van der Waals surface area contributed by atoms with E-state index in [9.17, 15) is 24.1 Å². The molecule has 1 aromatic heterocycles. The van der Waals surface area contributed by atoms with Crippen molar-refractivity contribution in [3.63, 3.8) is 0 Å². The van der Waals surface area contributed by atoms with Crippen LogP contribution in [0.4, 0.5) is 14.9 Å². The molecule has 0 aliphatic rings. The van der Waals surface area contributed by atoms with Gasteiger partial charge in [0.15, 0.2) is 0 Å². The maximum atomic E-state index is 13.1. The van der Waals surface area contributed by atoms with E-state index in [0.29, 0.717) is 5.01 Å². The summed E-state index contributed by atoms with van der Waals surface area (Å²) >= 11 is 1.30. The van der Waals surface area contributed by atoms with Crippen LogP contribution in [-0.4, -0.2) is 40.7 Å². The van der Waals surface area contributed by atoms with Crippen molar-refractivity contribution in [2.45, 2.75) is 79.4 Å². The monoisotopic (exact) mass is 604 g/mol. The summed E-state index contributed by atoms with van der Waals surface area (Å²) in [5, 5.41) is 17.2. The maximum absolute atomic E-state index is 13.1. The molecule has 9 nitrogen and oxygen atoms in total. The van der Waals surface area contributed by atoms with Gasteiger partial charge in [0.1, 0.15) is 29.9 Å². The number of non-ortho nitro benzene ring substituents is 1. The Bertz CT molecular complexity index is 1150. The number of alkyl halides is 1. The van der Waals surface area contributed by atoms with Gasteiger partial charge in [-0.15, -0.1) is 11.3 Å². The van der Waals surface area contributed by atoms with Gasteiger partial charge in [-0.05, 0) is 39.2 Å². The van der Waals surface area contributed by atoms with Gasteiger partial charge >= 0.3 is 6.09 Å². The lowest BCUT2D eigenvalue weighted by atomic mass is 10.1. The molecule has 2 aromatic carbocycles. The highest BCUT2D eigenvalue weighted by Gasteiger charge is 2.20. The quantitative estimate of drug-likeness (QED) is 0.191. The molecule has 0 fully saturated rings. The van der Waals surface area contributed by atoms with Crippen molar-refractivity contribution in [1.29, 1.82) is 0 Å². The molecule has 3 rings (SSSR count). The number of alkyl carbamates (subject to hydrolysis) is 1. The fourth-order valence-electron chi connectivity index (χ4n) is 3.01. The number of hydrogen-bond acceptors (Lipinski definition) is 7. The zero-order valence-corrected chi connectivity index (χ0v) is 26.5. The lowest BCUT2D eigenvalue weighted by molar-refractivity contribution is -0.384. The Morgan fingerprint density at radius 1 is 1.05 bits per heavy atom. The van der Waals surface area contributed by atoms with Gasteiger partial charge in [0.05, 0.1) is 10.6 Å². The Morgan fingerprint density at radius 2 is 1.62 bits per heavy atom. The number of rotatable bonds is 9. The number of amides is 2. The Balaban J connectivity index is 0.000000685. The molecule has 0 aliphatic carbocycles. The van der Waals surface area contributed by atoms with Crippen LogP contribution in [0.15, 0.2) is 66.0 Å². The Hall–Kier alpha value is -3.86. The Morgan fingerprint density at radius 3 is 2.05 bits per heavy atom. The van der Waals surface area contributed by atoms with E-state index in [-0.39, 0.29) is 12.2 Å². The zero-order valence-electron chi connectivity index (χ0n) is 25.7. The molecule has 0 saturated heterocycles. The number of carbonyl (C=O) groups excluding carboxylic acids is 2. The number of ether oxygens (including phenoxy) is 1. The highest BCUT2D eigenvalue weighted by atomic mass is 32.1. The third kappa shape index (κ3) is 17.8. The van der Waals surface area contributed by atoms with Crippen LogP contribution in [0, 0.1) is 10.1 Å². The van der Waals surface area contributed by atoms with E-state index in [1.165, 1.54) is 41.9 Å². The average molecular weight is 605 g/mol. The van der Waals surface area contributed by atoms with E-state index in [1.54, 1.807) is 39.0 Å². The number of hydrogen-bond donors (Lipinski definition) is 2. The van der Waals surface area contributed by atoms with Gasteiger partial charge in [0.2, 0.25) is 5.91 Å². The van der Waals surface area contributed by atoms with Crippen LogP contribution in [0.3, 0.4) is 0 Å². The first kappa shape index (κ1) is 38.1. The van der Waals surface area contributed by atoms with E-state index in [2.05, 4.69) is 52.9 Å². The molecule has 1 heterocycles. The van der Waals surface area contributed by atoms with E-state index in [4.69, 9.17) is 4.74 Å². The van der Waals surface area contributed by atoms with E-state index >= 15 is 0 Å². The van der Waals surface area contributed by atoms with E-state index in [0.717, 1.165) is 12.1 Å². The van der Waals surface area contributed by atoms with Crippen LogP contribution >= 0.6 is 11.3 Å². The van der Waals surface area contributed by atoms with Gasteiger partial charge in [0, 0.05) is 17.5 Å². The topological polar surface area (TPSA) is 123 Å². The summed E-state index contributed by atoms with van der Waals surface area (Å²) in [5.41, 5.74) is 1.80. The van der Waals surface area contributed by atoms with Crippen molar-refractivity contribution >= 4 is 29.0 Å². The minimum absolute atomic E-state index is 0.137. The number of thiazole rings is 1. The molecule has 2 N–H and O–H groups in total. The summed E-state index contributed by atoms with van der Waals surface area (Å²) in [6.45, 7) is 12.3. The van der Waals surface area contributed by atoms with Crippen molar-refractivity contribution in [3.05, 3.63) is 92.4 Å². The number of para-hydroxylation sites is 1. The third-order valence-electron chi connectivity index (χ3n) is 4.86. The summed E-state index contributed by atoms with van der Waals surface area (Å²) in [6, 6.07) is 17.7. The molecule has 0 spiro atoms. The second kappa shape index (κ2) is 21.8. The summed E-state index contributed by atoms with van der Waals surface area (Å²) in [6.07, 6.45) is 2.51. The summed E-state index contributed by atoms with van der Waals surface area (Å²) in [5.74, 6) is -0.498. The van der Waals surface area contributed by atoms with Crippen molar-refractivity contribution in [2.24, 2.45) is 0 Å². The molecular formula is C31H45FN4O5S. The van der Waals surface area contributed by atoms with Crippen LogP contribution in [0.25, 0.3) is 0 Å². The largest absolute Gasteiger partial charge is 0.444 e. The lowest BCUT2D eigenvalue weighted by Gasteiger charge is -2.20. The minimum Gasteiger partial charge on any atom is -0.444 e. The minimum atomic E-state index is -0.793. The fraction of sp³-hybridized carbons (Fsp3) is 0.452. The molecule has 42 heavy (non-hydrogen) atoms. The van der Waals surface area contributed by atoms with E-state index in [1.807, 2.05) is 26.2 Å². The SMILES string of the molecule is CC.CCCc1ccccc1.CCc1csc([C@H](CF)NC(=O)CNC(=O)OC(C)(C)C)n1.O=[N+]([O-])c1ccccc1. The third-order valence-corrected chi connectivity index (χ3v) is 5.87. The first-order valence-electron chi connectivity index (χ1n) is 14.0. The van der Waals surface area contributed by atoms with Crippen molar-refractivity contribution in [1.82, 2.24) is 15.6 Å². The fourth-order valence-corrected chi connectivity index (χ4v) is 3.94. The molecule has 2 amide bonds. The number of nitrogens with one attached hydrogen (secondary N) is 2. The van der Waals surface area contributed by atoms with E-state index < -0.39 is 35.2 Å². The number of aromatic nitrogens is 1.